The van der Waals surface area contributed by atoms with Gasteiger partial charge in [0.05, 0.1) is 6.04 Å². The summed E-state index contributed by atoms with van der Waals surface area (Å²) in [7, 11) is 0. The van der Waals surface area contributed by atoms with Gasteiger partial charge in [0.15, 0.2) is 0 Å². The number of rotatable bonds is 6. The summed E-state index contributed by atoms with van der Waals surface area (Å²) in [5.74, 6) is 2.75. The van der Waals surface area contributed by atoms with Crippen molar-refractivity contribution in [1.29, 1.82) is 0 Å². The quantitative estimate of drug-likeness (QED) is 0.428. The van der Waals surface area contributed by atoms with E-state index in [4.69, 9.17) is 6.42 Å². The maximum Gasteiger partial charge on any atom is 0.0714 e. The molecule has 0 aromatic heterocycles. The average Bonchev–Trinajstić information content (AvgIpc) is 2.07. The van der Waals surface area contributed by atoms with Crippen LogP contribution < -0.4 is 0 Å². The van der Waals surface area contributed by atoms with Crippen molar-refractivity contribution in [3.63, 3.8) is 0 Å². The zero-order chi connectivity index (χ0) is 9.40. The Labute approximate surface area is 75.8 Å². The van der Waals surface area contributed by atoms with Gasteiger partial charge in [-0.25, -0.2) is 0 Å². The minimum atomic E-state index is 0.209. The van der Waals surface area contributed by atoms with Gasteiger partial charge in [0, 0.05) is 13.1 Å². The second-order valence-corrected chi connectivity index (χ2v) is 2.62. The molecule has 0 radical (unpaired) electrons. The van der Waals surface area contributed by atoms with Crippen LogP contribution in [0.4, 0.5) is 0 Å². The smallest absolute Gasteiger partial charge is 0.0714 e. The van der Waals surface area contributed by atoms with Gasteiger partial charge in [0.1, 0.15) is 0 Å². The summed E-state index contributed by atoms with van der Waals surface area (Å²) < 4.78 is 0. The lowest BCUT2D eigenvalue weighted by Crippen LogP contribution is -2.33. The number of hydrogen-bond donors (Lipinski definition) is 0. The first-order valence-electron chi connectivity index (χ1n) is 4.22. The molecule has 0 aliphatic heterocycles. The zero-order valence-corrected chi connectivity index (χ0v) is 7.79. The fourth-order valence-electron chi connectivity index (χ4n) is 1.14. The van der Waals surface area contributed by atoms with Gasteiger partial charge in [0.2, 0.25) is 0 Å². The molecule has 0 fully saturated rings. The van der Waals surface area contributed by atoms with E-state index >= 15 is 0 Å². The van der Waals surface area contributed by atoms with Crippen molar-refractivity contribution in [1.82, 2.24) is 4.90 Å². The summed E-state index contributed by atoms with van der Waals surface area (Å²) in [5.41, 5.74) is 0. The third-order valence-corrected chi connectivity index (χ3v) is 1.75. The lowest BCUT2D eigenvalue weighted by Gasteiger charge is -2.24. The Morgan fingerprint density at radius 3 is 2.17 bits per heavy atom. The molecule has 0 aromatic rings. The highest BCUT2D eigenvalue weighted by molar-refractivity contribution is 5.01. The van der Waals surface area contributed by atoms with Crippen molar-refractivity contribution in [3.8, 4) is 12.3 Å². The molecule has 1 heteroatoms. The predicted octanol–water partition coefficient (Wildman–Crippen LogP) is 2.07. The van der Waals surface area contributed by atoms with Gasteiger partial charge in [-0.1, -0.05) is 25.0 Å². The fraction of sp³-hybridized carbons (Fsp3) is 0.455. The monoisotopic (exact) mass is 163 g/mol. The first-order valence-corrected chi connectivity index (χ1v) is 4.22. The molecule has 12 heavy (non-hydrogen) atoms. The molecular weight excluding hydrogens is 146 g/mol. The first-order chi connectivity index (χ1) is 5.79. The van der Waals surface area contributed by atoms with Crippen molar-refractivity contribution in [2.24, 2.45) is 0 Å². The van der Waals surface area contributed by atoms with Gasteiger partial charge < -0.3 is 0 Å². The van der Waals surface area contributed by atoms with Crippen molar-refractivity contribution in [3.05, 3.63) is 25.3 Å². The van der Waals surface area contributed by atoms with Crippen LogP contribution in [0, 0.1) is 12.3 Å². The highest BCUT2D eigenvalue weighted by Gasteiger charge is 2.09. The van der Waals surface area contributed by atoms with Crippen molar-refractivity contribution in [2.75, 3.05) is 13.1 Å². The first kappa shape index (κ1) is 11.0. The minimum Gasteiger partial charge on any atom is -0.282 e. The summed E-state index contributed by atoms with van der Waals surface area (Å²) in [5, 5.41) is 0. The maximum absolute atomic E-state index is 5.38. The molecule has 66 valence electrons. The normalized spacial score (nSPS) is 12.1. The lowest BCUT2D eigenvalue weighted by molar-refractivity contribution is 0.283. The molecule has 1 unspecified atom stereocenters. The van der Waals surface area contributed by atoms with Crippen LogP contribution in [-0.2, 0) is 0 Å². The second kappa shape index (κ2) is 6.69. The Hall–Kier alpha value is -1.00. The molecular formula is C11H17N. The summed E-state index contributed by atoms with van der Waals surface area (Å²) in [4.78, 5) is 2.17. The van der Waals surface area contributed by atoms with Crippen LogP contribution in [0.3, 0.4) is 0 Å². The van der Waals surface area contributed by atoms with Crippen molar-refractivity contribution < 1.29 is 0 Å². The molecule has 0 heterocycles. The SMILES string of the molecule is C#CC(CC)N(CC=C)CC=C. The summed E-state index contributed by atoms with van der Waals surface area (Å²) in [6.07, 6.45) is 10.1. The van der Waals surface area contributed by atoms with E-state index in [0.717, 1.165) is 19.5 Å². The molecule has 0 bridgehead atoms. The molecule has 0 aromatic carbocycles. The Morgan fingerprint density at radius 1 is 1.42 bits per heavy atom. The minimum absolute atomic E-state index is 0.209. The predicted molar refractivity (Wildman–Crippen MR) is 54.9 cm³/mol. The van der Waals surface area contributed by atoms with E-state index in [0.29, 0.717) is 0 Å². The standard InChI is InChI=1S/C11H17N/c1-5-9-12(10-6-2)11(7-3)8-4/h3,5-6,11H,1-2,8-10H2,4H3. The summed E-state index contributed by atoms with van der Waals surface area (Å²) >= 11 is 0. The molecule has 0 rings (SSSR count). The molecule has 0 aliphatic carbocycles. The van der Waals surface area contributed by atoms with E-state index in [-0.39, 0.29) is 6.04 Å². The van der Waals surface area contributed by atoms with Gasteiger partial charge in [-0.05, 0) is 6.42 Å². The Kier molecular flexibility index (Phi) is 6.14. The highest BCUT2D eigenvalue weighted by atomic mass is 15.1. The van der Waals surface area contributed by atoms with E-state index in [1.807, 2.05) is 12.2 Å². The molecule has 0 saturated heterocycles. The Bertz CT molecular complexity index is 166. The van der Waals surface area contributed by atoms with Gasteiger partial charge >= 0.3 is 0 Å². The average molecular weight is 163 g/mol. The van der Waals surface area contributed by atoms with Crippen LogP contribution >= 0.6 is 0 Å². The number of hydrogen-bond acceptors (Lipinski definition) is 1. The topological polar surface area (TPSA) is 3.24 Å². The summed E-state index contributed by atoms with van der Waals surface area (Å²) in [6.45, 7) is 11.1. The second-order valence-electron chi connectivity index (χ2n) is 2.62. The van der Waals surface area contributed by atoms with E-state index < -0.39 is 0 Å². The molecule has 0 saturated carbocycles. The maximum atomic E-state index is 5.38. The third kappa shape index (κ3) is 3.41. The number of nitrogens with zero attached hydrogens (tertiary/aromatic N) is 1. The van der Waals surface area contributed by atoms with Gasteiger partial charge in [-0.15, -0.1) is 19.6 Å². The molecule has 0 amide bonds. The molecule has 0 spiro atoms. The Balaban J connectivity index is 4.15. The van der Waals surface area contributed by atoms with Gasteiger partial charge in [0.25, 0.3) is 0 Å². The molecule has 1 nitrogen and oxygen atoms in total. The van der Waals surface area contributed by atoms with Crippen LogP contribution in [0.25, 0.3) is 0 Å². The van der Waals surface area contributed by atoms with E-state index in [1.54, 1.807) is 0 Å². The highest BCUT2D eigenvalue weighted by Crippen LogP contribution is 2.02. The van der Waals surface area contributed by atoms with E-state index in [1.165, 1.54) is 0 Å². The van der Waals surface area contributed by atoms with Gasteiger partial charge in [-0.2, -0.15) is 0 Å². The third-order valence-electron chi connectivity index (χ3n) is 1.75. The van der Waals surface area contributed by atoms with E-state index in [2.05, 4.69) is 30.9 Å². The molecule has 0 aliphatic rings. The van der Waals surface area contributed by atoms with Crippen LogP contribution in [0.2, 0.25) is 0 Å². The number of terminal acetylenes is 1. The summed E-state index contributed by atoms with van der Waals surface area (Å²) in [6, 6.07) is 0.209. The van der Waals surface area contributed by atoms with Crippen molar-refractivity contribution in [2.45, 2.75) is 19.4 Å². The van der Waals surface area contributed by atoms with Crippen LogP contribution in [0.1, 0.15) is 13.3 Å². The largest absolute Gasteiger partial charge is 0.282 e. The molecule has 1 atom stereocenters. The van der Waals surface area contributed by atoms with Crippen LogP contribution in [0.15, 0.2) is 25.3 Å². The van der Waals surface area contributed by atoms with Crippen LogP contribution in [-0.4, -0.2) is 24.0 Å². The van der Waals surface area contributed by atoms with E-state index in [9.17, 15) is 0 Å². The fourth-order valence-corrected chi connectivity index (χ4v) is 1.14. The molecule has 0 N–H and O–H groups in total. The van der Waals surface area contributed by atoms with Gasteiger partial charge in [-0.3, -0.25) is 4.90 Å². The zero-order valence-electron chi connectivity index (χ0n) is 7.79. The van der Waals surface area contributed by atoms with Crippen LogP contribution in [0.5, 0.6) is 0 Å². The van der Waals surface area contributed by atoms with Crippen molar-refractivity contribution >= 4 is 0 Å². The Morgan fingerprint density at radius 2 is 1.92 bits per heavy atom. The lowest BCUT2D eigenvalue weighted by atomic mass is 10.2.